The molecule has 9 nitrogen and oxygen atoms in total. The van der Waals surface area contributed by atoms with E-state index >= 15 is 0 Å². The van der Waals surface area contributed by atoms with Crippen molar-refractivity contribution in [3.63, 3.8) is 0 Å². The lowest BCUT2D eigenvalue weighted by Crippen LogP contribution is -2.37. The van der Waals surface area contributed by atoms with Crippen LogP contribution in [0.3, 0.4) is 0 Å². The molecule has 402 valence electrons. The maximum Gasteiger partial charge on any atom is 0.472 e. The largest absolute Gasteiger partial charge is 0.472 e. The van der Waals surface area contributed by atoms with Crippen molar-refractivity contribution in [2.45, 2.75) is 161 Å². The lowest BCUT2D eigenvalue weighted by atomic mass is 10.1. The van der Waals surface area contributed by atoms with E-state index in [0.717, 1.165) is 116 Å². The second-order valence-corrected chi connectivity index (χ2v) is 19.6. The van der Waals surface area contributed by atoms with Gasteiger partial charge in [-0.1, -0.05) is 203 Å². The van der Waals surface area contributed by atoms with Gasteiger partial charge in [-0.3, -0.25) is 18.6 Å². The van der Waals surface area contributed by atoms with Crippen LogP contribution in [-0.4, -0.2) is 74.9 Å². The molecule has 0 saturated heterocycles. The smallest absolute Gasteiger partial charge is 0.461 e. The molecule has 0 bridgehead atoms. The molecule has 1 N–H and O–H groups in total. The van der Waals surface area contributed by atoms with Crippen LogP contribution in [0.15, 0.2) is 170 Å². The topological polar surface area (TPSA) is 108 Å². The first-order chi connectivity index (χ1) is 35.0. The quantitative estimate of drug-likeness (QED) is 0.0211. The molecule has 0 amide bonds. The molecule has 0 aromatic heterocycles. The summed E-state index contributed by atoms with van der Waals surface area (Å²) >= 11 is 0. The Balaban J connectivity index is 4.35. The normalized spacial score (nSPS) is 14.7. The van der Waals surface area contributed by atoms with Crippen LogP contribution < -0.4 is 0 Å². The summed E-state index contributed by atoms with van der Waals surface area (Å²) in [6.45, 7) is 4.02. The zero-order valence-corrected chi connectivity index (χ0v) is 46.2. The fraction of sp³-hybridized carbons (Fsp3) is 0.516. The predicted octanol–water partition coefficient (Wildman–Crippen LogP) is 16.7. The average molecular weight is 1020 g/mol. The fourth-order valence-corrected chi connectivity index (χ4v) is 6.94. The van der Waals surface area contributed by atoms with E-state index in [1.807, 2.05) is 33.3 Å². The van der Waals surface area contributed by atoms with Crippen LogP contribution in [0.1, 0.15) is 155 Å². The summed E-state index contributed by atoms with van der Waals surface area (Å²) in [6, 6.07) is 0. The number of hydrogen-bond acceptors (Lipinski definition) is 7. The van der Waals surface area contributed by atoms with Crippen LogP contribution in [-0.2, 0) is 32.7 Å². The first-order valence-electron chi connectivity index (χ1n) is 26.9. The molecule has 2 unspecified atom stereocenters. The van der Waals surface area contributed by atoms with E-state index in [0.29, 0.717) is 23.9 Å². The Morgan fingerprint density at radius 1 is 0.444 bits per heavy atom. The minimum absolute atomic E-state index is 0.00331. The Morgan fingerprint density at radius 2 is 0.792 bits per heavy atom. The lowest BCUT2D eigenvalue weighted by Gasteiger charge is -2.24. The Hall–Kier alpha value is -4.63. The van der Waals surface area contributed by atoms with Gasteiger partial charge in [-0.15, -0.1) is 0 Å². The number of allylic oxidation sites excluding steroid dienone is 27. The number of hydrogen-bond donors (Lipinski definition) is 1. The number of rotatable bonds is 46. The molecule has 0 aliphatic carbocycles. The van der Waals surface area contributed by atoms with Crippen molar-refractivity contribution in [3.05, 3.63) is 170 Å². The molecular weight excluding hydrogens is 918 g/mol. The van der Waals surface area contributed by atoms with Crippen molar-refractivity contribution in [2.24, 2.45) is 0 Å². The van der Waals surface area contributed by atoms with Gasteiger partial charge in [0.05, 0.1) is 34.2 Å². The summed E-state index contributed by atoms with van der Waals surface area (Å²) in [7, 11) is 1.38. The van der Waals surface area contributed by atoms with Gasteiger partial charge in [0.25, 0.3) is 0 Å². The zero-order chi connectivity index (χ0) is 52.7. The van der Waals surface area contributed by atoms with Crippen LogP contribution in [0.4, 0.5) is 0 Å². The molecule has 0 aliphatic rings. The van der Waals surface area contributed by atoms with Crippen molar-refractivity contribution in [2.75, 3.05) is 47.5 Å². The maximum atomic E-state index is 12.8. The Labute approximate surface area is 438 Å². The highest BCUT2D eigenvalue weighted by atomic mass is 31.2. The standard InChI is InChI=1S/C62H96NO8P/c1-6-8-10-12-14-16-18-20-22-23-24-25-26-27-28-29-30-31-32-33-34-35-36-37-38-39-41-43-45-47-49-51-53-55-62(65)71-60(59-70-72(66,67)69-57-56-63(3,4)5)58-68-61(64)54-52-50-48-46-44-42-40-21-19-17-15-13-11-9-7-2/h8-11,14-17,20-22,24-25,27-28,30-31,33-34,36-37,39-41,44,46,50,52,60H,6-7,12-13,18-19,23,26,29,32,35,38,42-43,45,47-49,51,53-59H2,1-5H3/p+1/b10-8-,11-9-,16-14-,17-15-,22-20-,25-24-,28-27-,31-30-,34-33-,37-36-,40-21-,41-39-,46-44-,52-50-. The van der Waals surface area contributed by atoms with Crippen molar-refractivity contribution in [3.8, 4) is 0 Å². The zero-order valence-electron chi connectivity index (χ0n) is 45.3. The first kappa shape index (κ1) is 67.4. The molecule has 0 spiro atoms. The second kappa shape index (κ2) is 51.3. The SMILES string of the molecule is CC/C=C\C/C=C\C/C=C\C/C=C\C/C=C\C/C=C\C/C=C\C/C=C\C/C=C\CCCCCCCC(=O)OC(COC(=O)C/C=C\C/C=C\C/C=C\C/C=C\C/C=C\CC)COP(=O)(O)OCC[N+](C)(C)C. The molecule has 0 aromatic rings. The predicted molar refractivity (Wildman–Crippen MR) is 306 cm³/mol. The van der Waals surface area contributed by atoms with E-state index in [1.165, 1.54) is 0 Å². The minimum atomic E-state index is -4.42. The van der Waals surface area contributed by atoms with Gasteiger partial charge in [0.1, 0.15) is 19.8 Å². The van der Waals surface area contributed by atoms with E-state index in [1.54, 1.807) is 6.08 Å². The molecule has 0 rings (SSSR count). The highest BCUT2D eigenvalue weighted by molar-refractivity contribution is 7.47. The van der Waals surface area contributed by atoms with Crippen molar-refractivity contribution >= 4 is 19.8 Å². The fourth-order valence-electron chi connectivity index (χ4n) is 6.20. The summed E-state index contributed by atoms with van der Waals surface area (Å²) in [5.74, 6) is -0.987. The van der Waals surface area contributed by atoms with Gasteiger partial charge in [0.15, 0.2) is 6.10 Å². The molecule has 10 heteroatoms. The molecule has 0 saturated carbocycles. The molecule has 0 aromatic carbocycles. The number of quaternary nitrogens is 1. The summed E-state index contributed by atoms with van der Waals surface area (Å²) in [5, 5.41) is 0. The van der Waals surface area contributed by atoms with Crippen LogP contribution in [0.5, 0.6) is 0 Å². The number of carbonyl (C=O) groups excluding carboxylic acids is 2. The van der Waals surface area contributed by atoms with Gasteiger partial charge < -0.3 is 18.9 Å². The van der Waals surface area contributed by atoms with Crippen LogP contribution in [0.25, 0.3) is 0 Å². The highest BCUT2D eigenvalue weighted by Crippen LogP contribution is 2.43. The molecular formula is C62H97NO8P+. The van der Waals surface area contributed by atoms with Crippen molar-refractivity contribution < 1.29 is 42.1 Å². The Kier molecular flexibility index (Phi) is 48.0. The number of phosphoric acid groups is 1. The minimum Gasteiger partial charge on any atom is -0.461 e. The van der Waals surface area contributed by atoms with Gasteiger partial charge in [0.2, 0.25) is 0 Å². The van der Waals surface area contributed by atoms with Crippen molar-refractivity contribution in [1.29, 1.82) is 0 Å². The molecule has 0 aliphatic heterocycles. The third kappa shape index (κ3) is 54.7. The number of likely N-dealkylation sites (N-methyl/N-ethyl adjacent to an activating group) is 1. The third-order valence-corrected chi connectivity index (χ3v) is 11.3. The molecule has 0 radical (unpaired) electrons. The van der Waals surface area contributed by atoms with Gasteiger partial charge in [0, 0.05) is 6.42 Å². The Morgan fingerprint density at radius 3 is 1.18 bits per heavy atom. The molecule has 0 fully saturated rings. The van der Waals surface area contributed by atoms with E-state index in [2.05, 4.69) is 166 Å². The van der Waals surface area contributed by atoms with E-state index in [9.17, 15) is 19.0 Å². The summed E-state index contributed by atoms with van der Waals surface area (Å²) in [4.78, 5) is 35.5. The third-order valence-electron chi connectivity index (χ3n) is 10.3. The Bertz CT molecular complexity index is 1810. The molecule has 0 heterocycles. The number of nitrogens with zero attached hydrogens (tertiary/aromatic N) is 1. The van der Waals surface area contributed by atoms with Gasteiger partial charge >= 0.3 is 19.8 Å². The van der Waals surface area contributed by atoms with Crippen LogP contribution >= 0.6 is 7.82 Å². The number of carbonyl (C=O) groups is 2. The van der Waals surface area contributed by atoms with Gasteiger partial charge in [-0.05, 0) is 109 Å². The molecule has 72 heavy (non-hydrogen) atoms. The lowest BCUT2D eigenvalue weighted by molar-refractivity contribution is -0.870. The molecule has 2 atom stereocenters. The maximum absolute atomic E-state index is 12.8. The van der Waals surface area contributed by atoms with Crippen LogP contribution in [0, 0.1) is 0 Å². The summed E-state index contributed by atoms with van der Waals surface area (Å²) in [6.07, 6.45) is 78.8. The number of unbranched alkanes of at least 4 members (excludes halogenated alkanes) is 5. The van der Waals surface area contributed by atoms with Gasteiger partial charge in [-0.2, -0.15) is 0 Å². The average Bonchev–Trinajstić information content (AvgIpc) is 3.34. The number of ether oxygens (including phenoxy) is 2. The van der Waals surface area contributed by atoms with Crippen LogP contribution in [0.2, 0.25) is 0 Å². The monoisotopic (exact) mass is 1010 g/mol. The van der Waals surface area contributed by atoms with E-state index in [4.69, 9.17) is 18.5 Å². The first-order valence-corrected chi connectivity index (χ1v) is 28.4. The second-order valence-electron chi connectivity index (χ2n) is 18.2. The van der Waals surface area contributed by atoms with Gasteiger partial charge in [-0.25, -0.2) is 4.57 Å². The summed E-state index contributed by atoms with van der Waals surface area (Å²) < 4.78 is 34.3. The van der Waals surface area contributed by atoms with Crippen molar-refractivity contribution in [1.82, 2.24) is 0 Å². The highest BCUT2D eigenvalue weighted by Gasteiger charge is 2.27. The van der Waals surface area contributed by atoms with E-state index < -0.39 is 32.5 Å². The summed E-state index contributed by atoms with van der Waals surface area (Å²) in [5.41, 5.74) is 0. The number of phosphoric ester groups is 1. The number of esters is 2. The van der Waals surface area contributed by atoms with E-state index in [-0.39, 0.29) is 26.1 Å².